The van der Waals surface area contributed by atoms with Crippen molar-refractivity contribution >= 4 is 58.3 Å². The van der Waals surface area contributed by atoms with E-state index in [1.807, 2.05) is 31.7 Å². The highest BCUT2D eigenvalue weighted by atomic mass is 15.3. The first-order chi connectivity index (χ1) is 24.0. The quantitative estimate of drug-likeness (QED) is 0.154. The van der Waals surface area contributed by atoms with Crippen molar-refractivity contribution in [3.05, 3.63) is 125 Å². The molecule has 8 heteroatoms. The number of rotatable bonds is 10. The van der Waals surface area contributed by atoms with Crippen molar-refractivity contribution < 1.29 is 0 Å². The van der Waals surface area contributed by atoms with Gasteiger partial charge in [0.05, 0.1) is 11.9 Å². The number of aryl methyl sites for hydroxylation is 1. The van der Waals surface area contributed by atoms with Crippen molar-refractivity contribution in [2.24, 2.45) is 9.98 Å². The fraction of sp³-hybridized carbons (Fsp3) is 0.220. The molecule has 246 valence electrons. The number of nitrogens with zero attached hydrogens (tertiary/aromatic N) is 7. The number of hydrogen-bond donors (Lipinski definition) is 1. The average Bonchev–Trinajstić information content (AvgIpc) is 3.60. The summed E-state index contributed by atoms with van der Waals surface area (Å²) >= 11 is 0. The van der Waals surface area contributed by atoms with Gasteiger partial charge in [-0.3, -0.25) is 19.1 Å². The molecule has 0 fully saturated rings. The Labute approximate surface area is 288 Å². The van der Waals surface area contributed by atoms with Crippen LogP contribution in [-0.4, -0.2) is 51.7 Å². The first-order valence-corrected chi connectivity index (χ1v) is 16.9. The molecule has 4 aromatic heterocycles. The summed E-state index contributed by atoms with van der Waals surface area (Å²) in [7, 11) is 4.12. The fourth-order valence-electron chi connectivity index (χ4n) is 6.93. The molecule has 0 unspecified atom stereocenters. The number of fused-ring (bicyclic) bond motifs is 2. The van der Waals surface area contributed by atoms with Gasteiger partial charge < -0.3 is 10.2 Å². The smallest absolute Gasteiger partial charge is 0.146 e. The topological polar surface area (TPSA) is 75.6 Å². The Morgan fingerprint density at radius 1 is 1.00 bits per heavy atom. The van der Waals surface area contributed by atoms with E-state index in [4.69, 9.17) is 9.98 Å². The van der Waals surface area contributed by atoms with Crippen LogP contribution in [0.3, 0.4) is 0 Å². The molecule has 0 atom stereocenters. The van der Waals surface area contributed by atoms with Gasteiger partial charge >= 0.3 is 0 Å². The maximum Gasteiger partial charge on any atom is 0.146 e. The average molecular weight is 647 g/mol. The zero-order chi connectivity index (χ0) is 33.9. The number of hydrogen-bond acceptors (Lipinski definition) is 6. The Hall–Kier alpha value is -5.76. The van der Waals surface area contributed by atoms with E-state index >= 15 is 0 Å². The number of aromatic nitrogens is 4. The van der Waals surface area contributed by atoms with Crippen LogP contribution in [0.1, 0.15) is 53.3 Å². The normalized spacial score (nSPS) is 14.5. The molecule has 0 amide bonds. The molecule has 0 radical (unpaired) electrons. The van der Waals surface area contributed by atoms with E-state index in [1.165, 1.54) is 33.8 Å². The minimum Gasteiger partial charge on any atom is -0.374 e. The third kappa shape index (κ3) is 6.06. The van der Waals surface area contributed by atoms with Gasteiger partial charge in [-0.15, -0.1) is 0 Å². The van der Waals surface area contributed by atoms with Crippen LogP contribution in [0.4, 0.5) is 17.5 Å². The molecule has 1 aromatic carbocycles. The summed E-state index contributed by atoms with van der Waals surface area (Å²) in [6, 6.07) is 17.3. The summed E-state index contributed by atoms with van der Waals surface area (Å²) in [5.41, 5.74) is 11.3. The standard InChI is InChI=1S/C41H42N8/c1-6-10-36-37-12-9-23-47(5)41(37)49(39(36)42-4)34-20-18-32(46-27-34)25-30-15-13-29(14-16-30)24-31-17-19-33(26-45-31)48-38(43-21-7-2)28(3)35-11-8-22-44-40(35)48/h6-16,18,20-22,26-27,42H,2,17,19,23-25H2,1,3-5H3/b10-6-,43-21-. The van der Waals surface area contributed by atoms with Crippen LogP contribution in [0.5, 0.6) is 0 Å². The monoisotopic (exact) mass is 646 g/mol. The molecule has 2 aliphatic heterocycles. The summed E-state index contributed by atoms with van der Waals surface area (Å²) in [4.78, 5) is 21.5. The lowest BCUT2D eigenvalue weighted by Crippen LogP contribution is -2.23. The molecule has 0 saturated heterocycles. The lowest BCUT2D eigenvalue weighted by atomic mass is 10.00. The van der Waals surface area contributed by atoms with E-state index in [2.05, 4.69) is 124 Å². The first kappa shape index (κ1) is 31.8. The minimum atomic E-state index is 0.775. The molecule has 0 aliphatic carbocycles. The van der Waals surface area contributed by atoms with E-state index in [0.717, 1.165) is 77.5 Å². The number of allylic oxidation sites excluding steroid dienone is 3. The summed E-state index contributed by atoms with van der Waals surface area (Å²) < 4.78 is 4.42. The predicted molar refractivity (Wildman–Crippen MR) is 207 cm³/mol. The zero-order valence-electron chi connectivity index (χ0n) is 28.7. The molecule has 7 rings (SSSR count). The van der Waals surface area contributed by atoms with Gasteiger partial charge in [0.2, 0.25) is 0 Å². The molecular formula is C41H42N8. The van der Waals surface area contributed by atoms with Crippen LogP contribution in [0.15, 0.2) is 102 Å². The Balaban J connectivity index is 1.06. The highest BCUT2D eigenvalue weighted by Crippen LogP contribution is 2.40. The van der Waals surface area contributed by atoms with Crippen molar-refractivity contribution in [3.63, 3.8) is 0 Å². The van der Waals surface area contributed by atoms with Crippen molar-refractivity contribution in [2.75, 3.05) is 30.9 Å². The summed E-state index contributed by atoms with van der Waals surface area (Å²) in [6.07, 6.45) is 21.3. The van der Waals surface area contributed by atoms with Gasteiger partial charge in [0.15, 0.2) is 0 Å². The van der Waals surface area contributed by atoms with E-state index in [0.29, 0.717) is 0 Å². The van der Waals surface area contributed by atoms with Gasteiger partial charge in [0, 0.05) is 91.3 Å². The Morgan fingerprint density at radius 2 is 1.82 bits per heavy atom. The second-order valence-corrected chi connectivity index (χ2v) is 12.5. The number of nitrogens with one attached hydrogen (secondary N) is 1. The third-order valence-electron chi connectivity index (χ3n) is 9.31. The maximum atomic E-state index is 4.91. The number of benzene rings is 1. The van der Waals surface area contributed by atoms with Gasteiger partial charge in [-0.05, 0) is 62.1 Å². The third-order valence-corrected chi connectivity index (χ3v) is 9.31. The van der Waals surface area contributed by atoms with Crippen LogP contribution in [0.25, 0.3) is 34.6 Å². The van der Waals surface area contributed by atoms with Gasteiger partial charge in [-0.1, -0.05) is 61.2 Å². The summed E-state index contributed by atoms with van der Waals surface area (Å²) in [5.74, 6) is 3.12. The molecule has 49 heavy (non-hydrogen) atoms. The van der Waals surface area contributed by atoms with Crippen molar-refractivity contribution in [2.45, 2.75) is 39.5 Å². The lowest BCUT2D eigenvalue weighted by molar-refractivity contribution is 0.925. The number of anilines is 2. The zero-order valence-corrected chi connectivity index (χ0v) is 28.7. The Kier molecular flexibility index (Phi) is 8.94. The highest BCUT2D eigenvalue weighted by Gasteiger charge is 2.25. The highest BCUT2D eigenvalue weighted by molar-refractivity contribution is 5.94. The maximum absolute atomic E-state index is 4.91. The molecular weight excluding hydrogens is 605 g/mol. The number of aliphatic imine (C=N–C) groups is 2. The van der Waals surface area contributed by atoms with Gasteiger partial charge in [0.1, 0.15) is 23.1 Å². The van der Waals surface area contributed by atoms with Gasteiger partial charge in [-0.2, -0.15) is 0 Å². The lowest BCUT2D eigenvalue weighted by Gasteiger charge is -2.24. The van der Waals surface area contributed by atoms with E-state index < -0.39 is 0 Å². The first-order valence-electron chi connectivity index (χ1n) is 16.9. The summed E-state index contributed by atoms with van der Waals surface area (Å²) in [5, 5.41) is 4.54. The Morgan fingerprint density at radius 3 is 2.51 bits per heavy atom. The van der Waals surface area contributed by atoms with Crippen LogP contribution < -0.4 is 10.2 Å². The second-order valence-electron chi connectivity index (χ2n) is 12.5. The van der Waals surface area contributed by atoms with Crippen LogP contribution in [-0.2, 0) is 12.8 Å². The number of pyridine rings is 2. The minimum absolute atomic E-state index is 0.775. The van der Waals surface area contributed by atoms with E-state index in [-0.39, 0.29) is 0 Å². The fourth-order valence-corrected chi connectivity index (χ4v) is 6.93. The molecule has 6 heterocycles. The van der Waals surface area contributed by atoms with E-state index in [9.17, 15) is 0 Å². The van der Waals surface area contributed by atoms with E-state index in [1.54, 1.807) is 12.3 Å². The van der Waals surface area contributed by atoms with Crippen molar-refractivity contribution in [1.29, 1.82) is 0 Å². The van der Waals surface area contributed by atoms with Crippen LogP contribution in [0, 0.1) is 6.92 Å². The van der Waals surface area contributed by atoms with Crippen LogP contribution in [0.2, 0.25) is 0 Å². The molecule has 8 nitrogen and oxygen atoms in total. The van der Waals surface area contributed by atoms with Crippen LogP contribution >= 0.6 is 0 Å². The molecule has 0 bridgehead atoms. The van der Waals surface area contributed by atoms with Crippen molar-refractivity contribution in [3.8, 4) is 5.69 Å². The molecule has 0 spiro atoms. The predicted octanol–water partition coefficient (Wildman–Crippen LogP) is 8.82. The van der Waals surface area contributed by atoms with Crippen molar-refractivity contribution in [1.82, 2.24) is 19.1 Å². The molecule has 2 aliphatic rings. The SMILES string of the molecule is C=C/C=N\c1c(C)c2cccnc2n1C1=CN=C(Cc2ccc(Cc3ccc(-n4c(NC)c(/C=C\C)c5c4N(C)CC=C5)cn3)cc2)CC1. The summed E-state index contributed by atoms with van der Waals surface area (Å²) in [6.45, 7) is 8.82. The van der Waals surface area contributed by atoms with Gasteiger partial charge in [-0.25, -0.2) is 9.98 Å². The molecule has 5 aromatic rings. The largest absolute Gasteiger partial charge is 0.374 e. The second kappa shape index (κ2) is 13.8. The molecule has 1 N–H and O–H groups in total. The Bertz CT molecular complexity index is 2170. The van der Waals surface area contributed by atoms with Gasteiger partial charge in [0.25, 0.3) is 0 Å². The molecule has 0 saturated carbocycles. The number of likely N-dealkylation sites (N-methyl/N-ethyl adjacent to an activating group) is 1.